The molecule has 0 fully saturated rings. The van der Waals surface area contributed by atoms with Crippen LogP contribution in [0.25, 0.3) is 0 Å². The van der Waals surface area contributed by atoms with E-state index in [9.17, 15) is 9.59 Å². The molecule has 0 saturated carbocycles. The normalized spacial score (nSPS) is 11.7. The first-order chi connectivity index (χ1) is 10.9. The molecule has 0 aliphatic carbocycles. The summed E-state index contributed by atoms with van der Waals surface area (Å²) in [6, 6.07) is 5.14. The highest BCUT2D eigenvalue weighted by Crippen LogP contribution is 2.27. The SMILES string of the molecule is COc1ccc(CCNC(=O)[C@@H](NC(C)=O)C(C)C)cc1OC. The third-order valence-corrected chi connectivity index (χ3v) is 3.47. The zero-order valence-corrected chi connectivity index (χ0v) is 14.4. The lowest BCUT2D eigenvalue weighted by Crippen LogP contribution is -2.49. The largest absolute Gasteiger partial charge is 0.493 e. The number of ether oxygens (including phenoxy) is 2. The minimum Gasteiger partial charge on any atom is -0.493 e. The minimum absolute atomic E-state index is 0.0278. The van der Waals surface area contributed by atoms with Crippen molar-refractivity contribution in [1.82, 2.24) is 10.6 Å². The summed E-state index contributed by atoms with van der Waals surface area (Å²) in [6.07, 6.45) is 0.664. The maximum atomic E-state index is 12.2. The summed E-state index contributed by atoms with van der Waals surface area (Å²) in [5, 5.41) is 5.53. The van der Waals surface area contributed by atoms with Gasteiger partial charge in [-0.1, -0.05) is 19.9 Å². The number of hydrogen-bond donors (Lipinski definition) is 2. The fraction of sp³-hybridized carbons (Fsp3) is 0.529. The number of carbonyl (C=O) groups excluding carboxylic acids is 2. The number of methoxy groups -OCH3 is 2. The summed E-state index contributed by atoms with van der Waals surface area (Å²) in [4.78, 5) is 23.3. The van der Waals surface area contributed by atoms with Crippen LogP contribution in [0.15, 0.2) is 18.2 Å². The van der Waals surface area contributed by atoms with E-state index in [2.05, 4.69) is 10.6 Å². The second-order valence-corrected chi connectivity index (χ2v) is 5.65. The Morgan fingerprint density at radius 1 is 1.13 bits per heavy atom. The van der Waals surface area contributed by atoms with Crippen molar-refractivity contribution in [3.8, 4) is 11.5 Å². The first kappa shape index (κ1) is 18.8. The van der Waals surface area contributed by atoms with Crippen LogP contribution in [0.3, 0.4) is 0 Å². The van der Waals surface area contributed by atoms with Gasteiger partial charge in [0, 0.05) is 13.5 Å². The van der Waals surface area contributed by atoms with Gasteiger partial charge < -0.3 is 20.1 Å². The quantitative estimate of drug-likeness (QED) is 0.761. The van der Waals surface area contributed by atoms with E-state index < -0.39 is 6.04 Å². The van der Waals surface area contributed by atoms with Crippen molar-refractivity contribution in [2.24, 2.45) is 5.92 Å². The monoisotopic (exact) mass is 322 g/mol. The highest BCUT2D eigenvalue weighted by Gasteiger charge is 2.22. The number of nitrogens with one attached hydrogen (secondary N) is 2. The second-order valence-electron chi connectivity index (χ2n) is 5.65. The molecule has 1 atom stereocenters. The van der Waals surface area contributed by atoms with E-state index in [1.54, 1.807) is 14.2 Å². The van der Waals surface area contributed by atoms with E-state index in [1.807, 2.05) is 32.0 Å². The van der Waals surface area contributed by atoms with Gasteiger partial charge in [0.15, 0.2) is 11.5 Å². The van der Waals surface area contributed by atoms with Crippen molar-refractivity contribution in [3.05, 3.63) is 23.8 Å². The Labute approximate surface area is 137 Å². The highest BCUT2D eigenvalue weighted by atomic mass is 16.5. The summed E-state index contributed by atoms with van der Waals surface area (Å²) < 4.78 is 10.5. The number of hydrogen-bond acceptors (Lipinski definition) is 4. The number of benzene rings is 1. The van der Waals surface area contributed by atoms with Crippen molar-refractivity contribution in [3.63, 3.8) is 0 Å². The summed E-state index contributed by atoms with van der Waals surface area (Å²) in [7, 11) is 3.18. The summed E-state index contributed by atoms with van der Waals surface area (Å²) in [6.45, 7) is 5.69. The highest BCUT2D eigenvalue weighted by molar-refractivity contribution is 5.87. The zero-order valence-electron chi connectivity index (χ0n) is 14.4. The molecule has 0 aliphatic heterocycles. The molecule has 2 amide bonds. The van der Waals surface area contributed by atoms with Crippen molar-refractivity contribution >= 4 is 11.8 Å². The lowest BCUT2D eigenvalue weighted by Gasteiger charge is -2.21. The Kier molecular flexibility index (Phi) is 7.38. The van der Waals surface area contributed by atoms with Gasteiger partial charge in [0.2, 0.25) is 11.8 Å². The van der Waals surface area contributed by atoms with Crippen LogP contribution < -0.4 is 20.1 Å². The molecular formula is C17H26N2O4. The molecule has 128 valence electrons. The fourth-order valence-electron chi connectivity index (χ4n) is 2.23. The van der Waals surface area contributed by atoms with E-state index in [0.717, 1.165) is 5.56 Å². The zero-order chi connectivity index (χ0) is 17.4. The van der Waals surface area contributed by atoms with Gasteiger partial charge in [-0.25, -0.2) is 0 Å². The van der Waals surface area contributed by atoms with Gasteiger partial charge in [-0.05, 0) is 30.0 Å². The Balaban J connectivity index is 2.58. The van der Waals surface area contributed by atoms with E-state index in [1.165, 1.54) is 6.92 Å². The average molecular weight is 322 g/mol. The topological polar surface area (TPSA) is 76.7 Å². The van der Waals surface area contributed by atoms with Crippen LogP contribution in [0.5, 0.6) is 11.5 Å². The molecule has 0 spiro atoms. The molecule has 6 nitrogen and oxygen atoms in total. The van der Waals surface area contributed by atoms with Crippen molar-refractivity contribution in [2.45, 2.75) is 33.2 Å². The molecule has 0 aromatic heterocycles. The molecule has 6 heteroatoms. The fourth-order valence-corrected chi connectivity index (χ4v) is 2.23. The first-order valence-corrected chi connectivity index (χ1v) is 7.64. The molecule has 1 aromatic carbocycles. The lowest BCUT2D eigenvalue weighted by atomic mass is 10.0. The Hall–Kier alpha value is -2.24. The Morgan fingerprint density at radius 3 is 2.30 bits per heavy atom. The average Bonchev–Trinajstić information content (AvgIpc) is 2.51. The Morgan fingerprint density at radius 2 is 1.78 bits per heavy atom. The van der Waals surface area contributed by atoms with Crippen LogP contribution in [0.4, 0.5) is 0 Å². The Bertz CT molecular complexity index is 543. The van der Waals surface area contributed by atoms with Gasteiger partial charge in [0.05, 0.1) is 14.2 Å². The third-order valence-electron chi connectivity index (χ3n) is 3.47. The van der Waals surface area contributed by atoms with Crippen LogP contribution in [0, 0.1) is 5.92 Å². The van der Waals surface area contributed by atoms with Gasteiger partial charge in [-0.2, -0.15) is 0 Å². The molecular weight excluding hydrogens is 296 g/mol. The standard InChI is InChI=1S/C17H26N2O4/c1-11(2)16(19-12(3)20)17(21)18-9-8-13-6-7-14(22-4)15(10-13)23-5/h6-7,10-11,16H,8-9H2,1-5H3,(H,18,21)(H,19,20)/t16-/m0/s1. The molecule has 0 bridgehead atoms. The summed E-state index contributed by atoms with van der Waals surface area (Å²) >= 11 is 0. The van der Waals surface area contributed by atoms with Crippen LogP contribution in [0.2, 0.25) is 0 Å². The van der Waals surface area contributed by atoms with E-state index in [0.29, 0.717) is 24.5 Å². The summed E-state index contributed by atoms with van der Waals surface area (Å²) in [5.41, 5.74) is 1.03. The van der Waals surface area contributed by atoms with Crippen molar-refractivity contribution in [1.29, 1.82) is 0 Å². The van der Waals surface area contributed by atoms with Crippen LogP contribution in [-0.4, -0.2) is 38.6 Å². The predicted molar refractivity (Wildman–Crippen MR) is 88.7 cm³/mol. The molecule has 0 heterocycles. The van der Waals surface area contributed by atoms with Gasteiger partial charge in [-0.15, -0.1) is 0 Å². The lowest BCUT2D eigenvalue weighted by molar-refractivity contribution is -0.129. The smallest absolute Gasteiger partial charge is 0.242 e. The molecule has 0 radical (unpaired) electrons. The molecule has 0 aliphatic rings. The van der Waals surface area contributed by atoms with E-state index >= 15 is 0 Å². The van der Waals surface area contributed by atoms with Gasteiger partial charge >= 0.3 is 0 Å². The minimum atomic E-state index is -0.516. The number of rotatable bonds is 8. The number of amides is 2. The molecule has 1 aromatic rings. The van der Waals surface area contributed by atoms with Gasteiger partial charge in [0.1, 0.15) is 6.04 Å². The summed E-state index contributed by atoms with van der Waals surface area (Å²) in [5.74, 6) is 0.981. The van der Waals surface area contributed by atoms with Crippen molar-refractivity contribution in [2.75, 3.05) is 20.8 Å². The van der Waals surface area contributed by atoms with Gasteiger partial charge in [-0.3, -0.25) is 9.59 Å². The molecule has 2 N–H and O–H groups in total. The van der Waals surface area contributed by atoms with Crippen LogP contribution in [0.1, 0.15) is 26.3 Å². The molecule has 0 saturated heterocycles. The second kappa shape index (κ2) is 9.02. The molecule has 23 heavy (non-hydrogen) atoms. The maximum absolute atomic E-state index is 12.2. The number of carbonyl (C=O) groups is 2. The van der Waals surface area contributed by atoms with Gasteiger partial charge in [0.25, 0.3) is 0 Å². The van der Waals surface area contributed by atoms with E-state index in [4.69, 9.17) is 9.47 Å². The maximum Gasteiger partial charge on any atom is 0.242 e. The molecule has 1 rings (SSSR count). The van der Waals surface area contributed by atoms with Crippen LogP contribution >= 0.6 is 0 Å². The van der Waals surface area contributed by atoms with Crippen LogP contribution in [-0.2, 0) is 16.0 Å². The first-order valence-electron chi connectivity index (χ1n) is 7.64. The van der Waals surface area contributed by atoms with Crippen molar-refractivity contribution < 1.29 is 19.1 Å². The molecule has 0 unspecified atom stereocenters. The third kappa shape index (κ3) is 5.81. The van der Waals surface area contributed by atoms with E-state index in [-0.39, 0.29) is 17.7 Å². The predicted octanol–water partition coefficient (Wildman–Crippen LogP) is 1.52.